The molecule has 0 heterocycles. The van der Waals surface area contributed by atoms with Crippen molar-refractivity contribution in [2.24, 2.45) is 0 Å². The number of aliphatic carboxylic acids is 1. The van der Waals surface area contributed by atoms with Gasteiger partial charge in [-0.1, -0.05) is 24.3 Å². The molecule has 21 heavy (non-hydrogen) atoms. The van der Waals surface area contributed by atoms with Gasteiger partial charge in [-0.2, -0.15) is 13.2 Å². The summed E-state index contributed by atoms with van der Waals surface area (Å²) in [5.41, 5.74) is -0.875. The molecule has 0 aliphatic carbocycles. The fourth-order valence-corrected chi connectivity index (χ4v) is 2.01. The zero-order chi connectivity index (χ0) is 15.6. The van der Waals surface area contributed by atoms with Gasteiger partial charge in [0.1, 0.15) is 5.82 Å². The van der Waals surface area contributed by atoms with Crippen LogP contribution in [0.3, 0.4) is 0 Å². The molecular weight excluding hydrogens is 288 g/mol. The van der Waals surface area contributed by atoms with Crippen LogP contribution in [0.5, 0.6) is 0 Å². The van der Waals surface area contributed by atoms with E-state index in [9.17, 15) is 22.4 Å². The van der Waals surface area contributed by atoms with Crippen molar-refractivity contribution in [2.45, 2.75) is 12.6 Å². The monoisotopic (exact) mass is 298 g/mol. The Balaban J connectivity index is 2.54. The molecule has 2 rings (SSSR count). The Morgan fingerprint density at radius 2 is 1.71 bits per heavy atom. The van der Waals surface area contributed by atoms with Gasteiger partial charge in [0.05, 0.1) is 12.0 Å². The number of hydrogen-bond acceptors (Lipinski definition) is 1. The van der Waals surface area contributed by atoms with Gasteiger partial charge in [0.15, 0.2) is 0 Å². The topological polar surface area (TPSA) is 37.3 Å². The third-order valence-electron chi connectivity index (χ3n) is 2.91. The second-order valence-electron chi connectivity index (χ2n) is 4.45. The van der Waals surface area contributed by atoms with Crippen molar-refractivity contribution in [3.8, 4) is 11.1 Å². The molecule has 0 spiro atoms. The van der Waals surface area contributed by atoms with Crippen LogP contribution in [-0.2, 0) is 17.4 Å². The van der Waals surface area contributed by atoms with E-state index in [2.05, 4.69) is 0 Å². The maximum atomic E-state index is 13.1. The SMILES string of the molecule is O=C(O)Cc1ccc(-c2cccc(F)c2)cc1C(F)(F)F. The second kappa shape index (κ2) is 5.55. The van der Waals surface area contributed by atoms with Crippen LogP contribution < -0.4 is 0 Å². The van der Waals surface area contributed by atoms with Gasteiger partial charge in [-0.15, -0.1) is 0 Å². The summed E-state index contributed by atoms with van der Waals surface area (Å²) in [6.45, 7) is 0. The number of alkyl halides is 3. The summed E-state index contributed by atoms with van der Waals surface area (Å²) >= 11 is 0. The highest BCUT2D eigenvalue weighted by molar-refractivity contribution is 5.72. The molecule has 0 unspecified atom stereocenters. The lowest BCUT2D eigenvalue weighted by Crippen LogP contribution is -2.12. The summed E-state index contributed by atoms with van der Waals surface area (Å²) in [7, 11) is 0. The average Bonchev–Trinajstić information content (AvgIpc) is 2.37. The lowest BCUT2D eigenvalue weighted by atomic mass is 9.97. The van der Waals surface area contributed by atoms with Crippen LogP contribution in [0.1, 0.15) is 11.1 Å². The molecule has 6 heteroatoms. The first-order valence-corrected chi connectivity index (χ1v) is 5.95. The zero-order valence-electron chi connectivity index (χ0n) is 10.6. The molecule has 0 aliphatic heterocycles. The largest absolute Gasteiger partial charge is 0.481 e. The smallest absolute Gasteiger partial charge is 0.416 e. The van der Waals surface area contributed by atoms with Crippen molar-refractivity contribution in [1.29, 1.82) is 0 Å². The van der Waals surface area contributed by atoms with Gasteiger partial charge < -0.3 is 5.11 Å². The lowest BCUT2D eigenvalue weighted by Gasteiger charge is -2.13. The van der Waals surface area contributed by atoms with E-state index in [0.29, 0.717) is 5.56 Å². The third kappa shape index (κ3) is 3.59. The van der Waals surface area contributed by atoms with Crippen molar-refractivity contribution in [2.75, 3.05) is 0 Å². The van der Waals surface area contributed by atoms with E-state index in [1.807, 2.05) is 0 Å². The summed E-state index contributed by atoms with van der Waals surface area (Å²) < 4.78 is 52.2. The van der Waals surface area contributed by atoms with E-state index in [1.54, 1.807) is 0 Å². The van der Waals surface area contributed by atoms with Gasteiger partial charge in [0.2, 0.25) is 0 Å². The first kappa shape index (κ1) is 15.0. The Morgan fingerprint density at radius 1 is 1.05 bits per heavy atom. The Labute approximate surface area is 117 Å². The first-order valence-electron chi connectivity index (χ1n) is 5.95. The Morgan fingerprint density at radius 3 is 2.29 bits per heavy atom. The molecule has 110 valence electrons. The standard InChI is InChI=1S/C15H10F4O2/c16-12-3-1-2-9(6-12)10-4-5-11(8-14(20)21)13(7-10)15(17,18)19/h1-7H,8H2,(H,20,21). The fourth-order valence-electron chi connectivity index (χ4n) is 2.01. The van der Waals surface area contributed by atoms with E-state index in [1.165, 1.54) is 24.3 Å². The van der Waals surface area contributed by atoms with E-state index in [0.717, 1.165) is 18.2 Å². The number of benzene rings is 2. The molecule has 1 N–H and O–H groups in total. The summed E-state index contributed by atoms with van der Waals surface area (Å²) in [5.74, 6) is -1.91. The van der Waals surface area contributed by atoms with Gasteiger partial charge in [0.25, 0.3) is 0 Å². The van der Waals surface area contributed by atoms with Gasteiger partial charge in [0, 0.05) is 0 Å². The van der Waals surface area contributed by atoms with Crippen LogP contribution in [0.15, 0.2) is 42.5 Å². The molecule has 0 amide bonds. The summed E-state index contributed by atoms with van der Waals surface area (Å²) in [6.07, 6.45) is -5.40. The Kier molecular flexibility index (Phi) is 3.97. The quantitative estimate of drug-likeness (QED) is 0.865. The van der Waals surface area contributed by atoms with Crippen LogP contribution in [0.2, 0.25) is 0 Å². The van der Waals surface area contributed by atoms with Gasteiger partial charge in [-0.25, -0.2) is 4.39 Å². The van der Waals surface area contributed by atoms with E-state index in [-0.39, 0.29) is 11.1 Å². The molecule has 0 aliphatic rings. The summed E-state index contributed by atoms with van der Waals surface area (Å²) in [5, 5.41) is 8.66. The first-order chi connectivity index (χ1) is 9.77. The average molecular weight is 298 g/mol. The van der Waals surface area contributed by atoms with E-state index in [4.69, 9.17) is 5.11 Å². The van der Waals surface area contributed by atoms with Gasteiger partial charge >= 0.3 is 12.1 Å². The maximum Gasteiger partial charge on any atom is 0.416 e. The minimum absolute atomic E-state index is 0.177. The lowest BCUT2D eigenvalue weighted by molar-refractivity contribution is -0.139. The number of hydrogen-bond donors (Lipinski definition) is 1. The van der Waals surface area contributed by atoms with Crippen molar-refractivity contribution in [1.82, 2.24) is 0 Å². The predicted octanol–water partition coefficient (Wildman–Crippen LogP) is 4.14. The fraction of sp³-hybridized carbons (Fsp3) is 0.133. The molecule has 0 saturated carbocycles. The molecule has 0 fully saturated rings. The Bertz CT molecular complexity index is 678. The molecule has 0 aromatic heterocycles. The van der Waals surface area contributed by atoms with Gasteiger partial charge in [-0.3, -0.25) is 4.79 Å². The minimum atomic E-state index is -4.67. The summed E-state index contributed by atoms with van der Waals surface area (Å²) in [4.78, 5) is 10.6. The highest BCUT2D eigenvalue weighted by Gasteiger charge is 2.34. The van der Waals surface area contributed by atoms with E-state index >= 15 is 0 Å². The number of halogens is 4. The number of carboxylic acid groups (broad SMARTS) is 1. The number of rotatable bonds is 3. The minimum Gasteiger partial charge on any atom is -0.481 e. The molecule has 0 radical (unpaired) electrons. The van der Waals surface area contributed by atoms with Gasteiger partial charge in [-0.05, 0) is 34.9 Å². The highest BCUT2D eigenvalue weighted by atomic mass is 19.4. The molecule has 2 aromatic carbocycles. The molecule has 2 aromatic rings. The zero-order valence-corrected chi connectivity index (χ0v) is 10.6. The van der Waals surface area contributed by atoms with Crippen molar-refractivity contribution in [3.63, 3.8) is 0 Å². The van der Waals surface area contributed by atoms with Crippen molar-refractivity contribution < 1.29 is 27.5 Å². The molecule has 2 nitrogen and oxygen atoms in total. The number of carbonyl (C=O) groups is 1. The predicted molar refractivity (Wildman–Crippen MR) is 68.2 cm³/mol. The third-order valence-corrected chi connectivity index (χ3v) is 2.91. The normalized spacial score (nSPS) is 11.4. The van der Waals surface area contributed by atoms with Crippen molar-refractivity contribution in [3.05, 3.63) is 59.4 Å². The number of carboxylic acids is 1. The molecular formula is C15H10F4O2. The van der Waals surface area contributed by atoms with Crippen LogP contribution in [-0.4, -0.2) is 11.1 Å². The molecule has 0 atom stereocenters. The highest BCUT2D eigenvalue weighted by Crippen LogP contribution is 2.35. The summed E-state index contributed by atoms with van der Waals surface area (Å²) in [6, 6.07) is 8.48. The second-order valence-corrected chi connectivity index (χ2v) is 4.45. The van der Waals surface area contributed by atoms with E-state index < -0.39 is 29.9 Å². The van der Waals surface area contributed by atoms with Crippen LogP contribution >= 0.6 is 0 Å². The van der Waals surface area contributed by atoms with Crippen molar-refractivity contribution >= 4 is 5.97 Å². The maximum absolute atomic E-state index is 13.1. The Hall–Kier alpha value is -2.37. The van der Waals surface area contributed by atoms with Crippen LogP contribution in [0, 0.1) is 5.82 Å². The molecule has 0 bridgehead atoms. The van der Waals surface area contributed by atoms with Crippen LogP contribution in [0.4, 0.5) is 17.6 Å². The van der Waals surface area contributed by atoms with Crippen LogP contribution in [0.25, 0.3) is 11.1 Å². The molecule has 0 saturated heterocycles.